The molecule has 168 valence electrons. The molecule has 2 heterocycles. The molecule has 2 heteroatoms. The average Bonchev–Trinajstić information content (AvgIpc) is 3.40. The monoisotopic (exact) mass is 436 g/mol. The number of rotatable bonds is 2. The third-order valence-corrected chi connectivity index (χ3v) is 7.89. The van der Waals surface area contributed by atoms with Crippen molar-refractivity contribution in [3.63, 3.8) is 0 Å². The summed E-state index contributed by atoms with van der Waals surface area (Å²) in [6, 6.07) is 14.1. The molecule has 0 saturated carbocycles. The predicted molar refractivity (Wildman–Crippen MR) is 136 cm³/mol. The van der Waals surface area contributed by atoms with Crippen molar-refractivity contribution in [2.75, 3.05) is 13.2 Å². The van der Waals surface area contributed by atoms with Crippen LogP contribution in [-0.4, -0.2) is 13.2 Å². The molecule has 6 rings (SSSR count). The maximum Gasteiger partial charge on any atom is 0.123 e. The maximum atomic E-state index is 6.01. The fourth-order valence-electron chi connectivity index (χ4n) is 6.14. The Hall–Kier alpha value is -3.00. The van der Waals surface area contributed by atoms with Gasteiger partial charge in [0.1, 0.15) is 11.5 Å². The lowest BCUT2D eigenvalue weighted by Crippen LogP contribution is -1.95. The van der Waals surface area contributed by atoms with E-state index >= 15 is 0 Å². The van der Waals surface area contributed by atoms with E-state index in [-0.39, 0.29) is 0 Å². The fourth-order valence-corrected chi connectivity index (χ4v) is 6.14. The summed E-state index contributed by atoms with van der Waals surface area (Å²) < 4.78 is 12.0. The molecule has 0 unspecified atom stereocenters. The highest BCUT2D eigenvalue weighted by Gasteiger charge is 2.27. The lowest BCUT2D eigenvalue weighted by Gasteiger charge is -2.09. The molecular weight excluding hydrogens is 404 g/mol. The third kappa shape index (κ3) is 3.07. The first-order chi connectivity index (χ1) is 15.8. The predicted octanol–water partition coefficient (Wildman–Crippen LogP) is 7.71. The van der Waals surface area contributed by atoms with Crippen LogP contribution in [0.3, 0.4) is 0 Å². The van der Waals surface area contributed by atoms with Crippen molar-refractivity contribution in [2.24, 2.45) is 0 Å². The van der Waals surface area contributed by atoms with Crippen LogP contribution in [0.15, 0.2) is 36.4 Å². The fraction of sp³-hybridized carbons (Fsp3) is 0.355. The van der Waals surface area contributed by atoms with Gasteiger partial charge in [-0.3, -0.25) is 0 Å². The van der Waals surface area contributed by atoms with Crippen molar-refractivity contribution in [1.82, 2.24) is 0 Å². The van der Waals surface area contributed by atoms with Gasteiger partial charge in [-0.05, 0) is 114 Å². The zero-order chi connectivity index (χ0) is 23.0. The van der Waals surface area contributed by atoms with Gasteiger partial charge in [-0.15, -0.1) is 0 Å². The highest BCUT2D eigenvalue weighted by atomic mass is 16.5. The van der Waals surface area contributed by atoms with Gasteiger partial charge in [-0.2, -0.15) is 0 Å². The Bertz CT molecular complexity index is 1260. The molecule has 33 heavy (non-hydrogen) atoms. The van der Waals surface area contributed by atoms with Gasteiger partial charge in [0, 0.05) is 23.0 Å². The SMILES string of the molecule is Cc1cc(Cc2cc(C)c3cc4c(cc(C)c2-3)OC[C@@H]4C)c2c(C)cc3c(cc1-2)[C@@H](C)CO3. The Balaban J connectivity index is 1.50. The first-order valence-corrected chi connectivity index (χ1v) is 12.2. The minimum Gasteiger partial charge on any atom is -0.493 e. The van der Waals surface area contributed by atoms with Gasteiger partial charge >= 0.3 is 0 Å². The highest BCUT2D eigenvalue weighted by molar-refractivity contribution is 5.83. The van der Waals surface area contributed by atoms with E-state index in [0.717, 1.165) is 31.1 Å². The molecule has 2 aliphatic heterocycles. The van der Waals surface area contributed by atoms with E-state index in [1.54, 1.807) is 0 Å². The van der Waals surface area contributed by atoms with Crippen LogP contribution < -0.4 is 9.47 Å². The van der Waals surface area contributed by atoms with Crippen molar-refractivity contribution >= 4 is 0 Å². The molecule has 0 spiro atoms. The molecular formula is C31H32O2. The standard InChI is InChI=1S/C31H32O2/c1-16-7-22(30-18(3)9-28-24(12-26(16)30)20(5)14-32-28)11-23-8-17(2)27-13-25-21(6)15-33-29(25)10-19(4)31(23)27/h7-10,12-13,20-21H,11,14-15H2,1-6H3/t20-,21-/m0/s1. The number of aryl methyl sites for hydroxylation is 4. The van der Waals surface area contributed by atoms with Crippen LogP contribution in [0.25, 0.3) is 22.3 Å². The van der Waals surface area contributed by atoms with Gasteiger partial charge in [0.25, 0.3) is 0 Å². The molecule has 6 aliphatic rings. The van der Waals surface area contributed by atoms with Crippen molar-refractivity contribution in [1.29, 1.82) is 0 Å². The smallest absolute Gasteiger partial charge is 0.123 e. The first kappa shape index (κ1) is 20.6. The summed E-state index contributed by atoms with van der Waals surface area (Å²) in [4.78, 5) is 0. The molecule has 0 aromatic rings. The van der Waals surface area contributed by atoms with Crippen LogP contribution in [0.5, 0.6) is 11.5 Å². The van der Waals surface area contributed by atoms with Crippen LogP contribution in [0.1, 0.15) is 70.2 Å². The normalized spacial score (nSPS) is 19.0. The second-order valence-corrected chi connectivity index (χ2v) is 10.5. The molecule has 0 aromatic heterocycles. The Labute approximate surface area is 197 Å². The van der Waals surface area contributed by atoms with Gasteiger partial charge in [-0.1, -0.05) is 26.0 Å². The number of hydrogen-bond donors (Lipinski definition) is 0. The van der Waals surface area contributed by atoms with Crippen LogP contribution in [-0.2, 0) is 6.42 Å². The molecule has 2 nitrogen and oxygen atoms in total. The summed E-state index contributed by atoms with van der Waals surface area (Å²) in [5.41, 5.74) is 16.4. The Kier molecular flexibility index (Phi) is 4.52. The number of hydrogen-bond acceptors (Lipinski definition) is 2. The highest BCUT2D eigenvalue weighted by Crippen LogP contribution is 2.46. The summed E-state index contributed by atoms with van der Waals surface area (Å²) in [7, 11) is 0. The largest absolute Gasteiger partial charge is 0.493 e. The van der Waals surface area contributed by atoms with E-state index in [9.17, 15) is 0 Å². The van der Waals surface area contributed by atoms with Crippen LogP contribution in [0.4, 0.5) is 0 Å². The lowest BCUT2D eigenvalue weighted by atomic mass is 9.95. The molecule has 2 atom stereocenters. The molecule has 0 aromatic carbocycles. The minimum absolute atomic E-state index is 0.448. The van der Waals surface area contributed by atoms with Gasteiger partial charge in [0.05, 0.1) is 13.2 Å². The van der Waals surface area contributed by atoms with E-state index < -0.39 is 0 Å². The summed E-state index contributed by atoms with van der Waals surface area (Å²) in [6.45, 7) is 15.1. The third-order valence-electron chi connectivity index (χ3n) is 7.89. The minimum atomic E-state index is 0.448. The van der Waals surface area contributed by atoms with Crippen molar-refractivity contribution < 1.29 is 9.47 Å². The van der Waals surface area contributed by atoms with Crippen molar-refractivity contribution in [3.05, 3.63) is 80.9 Å². The number of fused-ring (bicyclic) bond motifs is 4. The van der Waals surface area contributed by atoms with E-state index in [0.29, 0.717) is 11.8 Å². The quantitative estimate of drug-likeness (QED) is 0.320. The molecule has 4 aliphatic carbocycles. The summed E-state index contributed by atoms with van der Waals surface area (Å²) in [5.74, 6) is 3.01. The topological polar surface area (TPSA) is 18.5 Å². The Morgan fingerprint density at radius 3 is 1.45 bits per heavy atom. The number of ether oxygens (including phenoxy) is 2. The average molecular weight is 437 g/mol. The van der Waals surface area contributed by atoms with E-state index in [1.807, 2.05) is 0 Å². The molecule has 0 bridgehead atoms. The first-order valence-electron chi connectivity index (χ1n) is 12.2. The van der Waals surface area contributed by atoms with Crippen molar-refractivity contribution in [3.8, 4) is 33.8 Å². The molecule has 0 N–H and O–H groups in total. The lowest BCUT2D eigenvalue weighted by molar-refractivity contribution is 0.337. The van der Waals surface area contributed by atoms with Crippen molar-refractivity contribution in [2.45, 2.75) is 59.8 Å². The molecule has 0 fully saturated rings. The Morgan fingerprint density at radius 2 is 1.03 bits per heavy atom. The zero-order valence-corrected chi connectivity index (χ0v) is 20.6. The summed E-state index contributed by atoms with van der Waals surface area (Å²) in [5, 5.41) is 0. The van der Waals surface area contributed by atoms with Crippen LogP contribution >= 0.6 is 0 Å². The second-order valence-electron chi connectivity index (χ2n) is 10.5. The van der Waals surface area contributed by atoms with E-state index in [4.69, 9.17) is 9.47 Å². The van der Waals surface area contributed by atoms with Gasteiger partial charge in [0.15, 0.2) is 0 Å². The zero-order valence-electron chi connectivity index (χ0n) is 20.6. The van der Waals surface area contributed by atoms with Gasteiger partial charge in [-0.25, -0.2) is 0 Å². The summed E-state index contributed by atoms with van der Waals surface area (Å²) >= 11 is 0. The molecule has 0 saturated heterocycles. The van der Waals surface area contributed by atoms with E-state index in [1.165, 1.54) is 66.8 Å². The van der Waals surface area contributed by atoms with Crippen LogP contribution in [0, 0.1) is 27.7 Å². The second kappa shape index (κ2) is 7.25. The molecule has 0 amide bonds. The van der Waals surface area contributed by atoms with Crippen LogP contribution in [0.2, 0.25) is 0 Å². The maximum absolute atomic E-state index is 6.01. The molecule has 0 radical (unpaired) electrons. The Morgan fingerprint density at radius 1 is 0.606 bits per heavy atom. The summed E-state index contributed by atoms with van der Waals surface area (Å²) in [6.07, 6.45) is 0.937. The van der Waals surface area contributed by atoms with E-state index in [2.05, 4.69) is 77.9 Å². The van der Waals surface area contributed by atoms with Gasteiger partial charge in [0.2, 0.25) is 0 Å². The van der Waals surface area contributed by atoms with Gasteiger partial charge < -0.3 is 9.47 Å².